The van der Waals surface area contributed by atoms with Gasteiger partial charge in [-0.25, -0.2) is 45.4 Å². The number of nitriles is 3. The summed E-state index contributed by atoms with van der Waals surface area (Å²) in [5.74, 6) is -1.90. The fourth-order valence-corrected chi connectivity index (χ4v) is 18.6. The number of alkyl halides is 3. The highest BCUT2D eigenvalue weighted by atomic mass is 35.5. The number of carbonyl (C=O) groups is 5. The molecular weight excluding hydrogens is 1850 g/mol. The number of aliphatic imine (C=N–C) groups is 1. The standard InChI is InChI=1S/C36H42FN5O4S.C32H34FN5O3.C28H35FN4O3S.C8H4F3NO.ClH/c1-23-8-13-28(14-9-23)39-34(45)42-22-29(43)20-32(42)33(44)40-31-19-27(12-15-30(31)37)36(17-16-24-10-11-24,41-47(46)35(2,3)4)26-7-5-6-25(18-26)21-38;1-20-5-10-25(11-6-20)36-31(41)38-19-26(39)17-29(38)30(40)37-28-16-24(9-12-27(28)33)32(35,14-13-21-7-8-21)23-4-2-3-22(15-23)18-34;1-27(2,3)37(36)33-28(12-11-18-7-8-18,20-6-4-5-19(13-20)16-30)21-9-10-23(29)24(14-21)32-26(35)25-15-22(34)17-31-25;9-8(10,11)6-1-3-7(4-2-6)12-5-13;/h5-9,12-15,18-19,24,29,32,41,43H,10-11,16-17,20,22H2,1-4H3,(H,39,45)(H,40,44);2-6,9-12,15-16,21,26,29,39H,7-8,13-14,17,19,35H2,1H3,(H,36,41)(H,37,40);4-6,9-10,13-14,18,22,25,31,33-34H,7-8,11-12,15,17H2,1-3H3,(H,32,35);1-4H;1H/t29-,32-,36?,47-;26-,29-,32?;22-,25-,28?,37-;;/m111../s1. The van der Waals surface area contributed by atoms with Crippen LogP contribution in [0, 0.1) is 83.0 Å². The molecule has 15 rings (SSSR count). The third-order valence-corrected chi connectivity index (χ3v) is 28.6. The highest BCUT2D eigenvalue weighted by Gasteiger charge is 2.46. The smallest absolute Gasteiger partial charge is 0.392 e. The number of benzene rings is 9. The van der Waals surface area contributed by atoms with Gasteiger partial charge < -0.3 is 62.8 Å². The summed E-state index contributed by atoms with van der Waals surface area (Å²) in [7, 11) is -3.05. The van der Waals surface area contributed by atoms with E-state index in [0.717, 1.165) is 104 Å². The van der Waals surface area contributed by atoms with Crippen molar-refractivity contribution >= 4 is 104 Å². The molecule has 0 radical (unpaired) electrons. The Morgan fingerprint density at radius 1 is 0.460 bits per heavy atom. The number of anilines is 5. The zero-order valence-electron chi connectivity index (χ0n) is 78.3. The van der Waals surface area contributed by atoms with Crippen LogP contribution in [-0.4, -0.2) is 135 Å². The first-order valence-electron chi connectivity index (χ1n) is 45.8. The lowest BCUT2D eigenvalue weighted by Crippen LogP contribution is -2.49. The monoisotopic (exact) mass is 1960 g/mol. The first-order valence-corrected chi connectivity index (χ1v) is 48.1. The van der Waals surface area contributed by atoms with Crippen LogP contribution in [0.1, 0.15) is 205 Å². The van der Waals surface area contributed by atoms with Crippen molar-refractivity contribution in [1.82, 2.24) is 24.6 Å². The summed E-state index contributed by atoms with van der Waals surface area (Å²) >= 11 is 0. The number of urea groups is 2. The van der Waals surface area contributed by atoms with E-state index in [2.05, 4.69) is 64.5 Å². The van der Waals surface area contributed by atoms with Gasteiger partial charge in [-0.2, -0.15) is 33.9 Å². The van der Waals surface area contributed by atoms with Gasteiger partial charge in [-0.3, -0.25) is 14.4 Å². The molecule has 6 aliphatic rings. The van der Waals surface area contributed by atoms with Crippen LogP contribution in [0.5, 0.6) is 0 Å². The van der Waals surface area contributed by atoms with Gasteiger partial charge in [0.1, 0.15) is 29.5 Å². The molecule has 3 aliphatic carbocycles. The number of isocyanates is 1. The van der Waals surface area contributed by atoms with Gasteiger partial charge in [-0.15, -0.1) is 12.4 Å². The Bertz CT molecular complexity index is 6140. The summed E-state index contributed by atoms with van der Waals surface area (Å²) in [6.45, 7) is 15.3. The highest BCUT2D eigenvalue weighted by Crippen LogP contribution is 2.47. The normalized spacial score (nSPS) is 19.4. The zero-order valence-corrected chi connectivity index (χ0v) is 80.8. The molecule has 139 heavy (non-hydrogen) atoms. The summed E-state index contributed by atoms with van der Waals surface area (Å²) in [6, 6.07) is 55.9. The molecule has 3 saturated carbocycles. The molecule has 6 fully saturated rings. The summed E-state index contributed by atoms with van der Waals surface area (Å²) in [6.07, 6.45) is 5.77. The maximum atomic E-state index is 15.5. The topological polar surface area (TPSA) is 410 Å². The first-order chi connectivity index (χ1) is 65.5. The molecule has 26 nitrogen and oxygen atoms in total. The number of likely N-dealkylation sites (tertiary alicyclic amines) is 2. The molecule has 13 N–H and O–H groups in total. The van der Waals surface area contributed by atoms with Crippen LogP contribution in [0.3, 0.4) is 0 Å². The molecule has 3 heterocycles. The highest BCUT2D eigenvalue weighted by molar-refractivity contribution is 7.84. The quantitative estimate of drug-likeness (QED) is 0.0123. The van der Waals surface area contributed by atoms with E-state index in [4.69, 9.17) is 5.73 Å². The maximum Gasteiger partial charge on any atom is 0.416 e. The minimum atomic E-state index is -4.36. The van der Waals surface area contributed by atoms with E-state index in [1.165, 1.54) is 46.2 Å². The van der Waals surface area contributed by atoms with Gasteiger partial charge in [0.2, 0.25) is 23.8 Å². The van der Waals surface area contributed by atoms with Crippen molar-refractivity contribution in [3.8, 4) is 18.2 Å². The number of nitrogens with one attached hydrogen (secondary N) is 8. The second kappa shape index (κ2) is 46.6. The molecule has 0 aromatic heterocycles. The Hall–Kier alpha value is -12.3. The van der Waals surface area contributed by atoms with Gasteiger partial charge in [0.05, 0.1) is 136 Å². The third kappa shape index (κ3) is 28.5. The Morgan fingerprint density at radius 3 is 1.17 bits per heavy atom. The SMILES string of the molecule is CC(C)(C)[S@@](=O)NC(CCC1CC1)(c1cccc(C#N)c1)c1ccc(F)c(NC(=O)[C@H]2C[C@@H](O)CN2)c1.Cc1ccc(NC(=O)N2C[C@H](O)C[C@@H]2C(=O)Nc2cc(C(CCC3CC3)(N[S@](=O)C(C)(C)C)c3cccc(C#N)c3)ccc2F)cc1.Cc1ccc(NC(=O)N2C[C@H](O)C[C@@H]2C(=O)Nc2cc(C(N)(CCC3CC3)c3cccc(C#N)c3)ccc2F)cc1.Cl.O=C=Nc1ccc(C(F)(F)F)cc1. The number of aliphatic hydroxyl groups is 3. The number of halogens is 7. The van der Waals surface area contributed by atoms with Crippen LogP contribution in [-0.2, 0) is 63.9 Å². The summed E-state index contributed by atoms with van der Waals surface area (Å²) in [5.41, 5.74) is 11.8. The first kappa shape index (κ1) is 107. The molecule has 11 atom stereocenters. The Balaban J connectivity index is 0.000000187. The van der Waals surface area contributed by atoms with Crippen LogP contribution >= 0.6 is 12.4 Å². The number of aryl methyl sites for hydroxylation is 2. The molecule has 3 unspecified atom stereocenters. The van der Waals surface area contributed by atoms with E-state index in [0.29, 0.717) is 93.9 Å². The van der Waals surface area contributed by atoms with E-state index >= 15 is 8.78 Å². The number of rotatable bonds is 28. The van der Waals surface area contributed by atoms with E-state index in [-0.39, 0.29) is 67.5 Å². The molecule has 9 aromatic carbocycles. The largest absolute Gasteiger partial charge is 0.416 e. The zero-order chi connectivity index (χ0) is 99.8. The van der Waals surface area contributed by atoms with Crippen LogP contribution in [0.25, 0.3) is 0 Å². The van der Waals surface area contributed by atoms with E-state index in [1.54, 1.807) is 103 Å². The van der Waals surface area contributed by atoms with Crippen molar-refractivity contribution in [2.75, 3.05) is 46.2 Å². The number of hydrogen-bond donors (Lipinski definition) is 12. The average Bonchev–Trinajstić information content (AvgIpc) is 1.22. The molecule has 0 bridgehead atoms. The Kier molecular flexibility index (Phi) is 35.9. The number of hydrogen-bond acceptors (Lipinski definition) is 17. The predicted molar refractivity (Wildman–Crippen MR) is 525 cm³/mol. The molecule has 7 amide bonds. The van der Waals surface area contributed by atoms with Crippen LogP contribution in [0.15, 0.2) is 205 Å². The summed E-state index contributed by atoms with van der Waals surface area (Å²) in [5, 5.41) is 75.7. The molecule has 3 saturated heterocycles. The number of nitrogens with two attached hydrogens (primary N) is 1. The summed E-state index contributed by atoms with van der Waals surface area (Å²) in [4.78, 5) is 81.5. The van der Waals surface area contributed by atoms with Gasteiger partial charge in [0, 0.05) is 43.9 Å². The van der Waals surface area contributed by atoms with Gasteiger partial charge >= 0.3 is 18.2 Å². The van der Waals surface area contributed by atoms with Crippen molar-refractivity contribution in [3.63, 3.8) is 0 Å². The second-order valence-electron chi connectivity index (χ2n) is 38.1. The number of β-amino-alcohol motifs (C(OH)–C–C–N with tert-alkyl or cyclic N) is 3. The Labute approximate surface area is 816 Å². The number of carbonyl (C=O) groups excluding carboxylic acids is 6. The van der Waals surface area contributed by atoms with E-state index in [1.807, 2.05) is 97.9 Å². The van der Waals surface area contributed by atoms with Crippen LogP contribution in [0.4, 0.5) is 70.1 Å². The van der Waals surface area contributed by atoms with Crippen molar-refractivity contribution in [3.05, 3.63) is 284 Å². The van der Waals surface area contributed by atoms with Crippen molar-refractivity contribution in [2.24, 2.45) is 28.5 Å². The van der Waals surface area contributed by atoms with Crippen molar-refractivity contribution in [1.29, 1.82) is 15.8 Å². The number of aliphatic hydroxyl groups excluding tert-OH is 3. The lowest BCUT2D eigenvalue weighted by Gasteiger charge is -2.38. The predicted octanol–water partition coefficient (Wildman–Crippen LogP) is 18.0. The minimum Gasteiger partial charge on any atom is -0.392 e. The molecule has 3 aliphatic heterocycles. The molecule has 734 valence electrons. The average molecular weight is 1970 g/mol. The molecule has 35 heteroatoms. The minimum absolute atomic E-state index is 0. The third-order valence-electron chi connectivity index (χ3n) is 25.3. The van der Waals surface area contributed by atoms with Crippen molar-refractivity contribution in [2.45, 2.75) is 220 Å². The van der Waals surface area contributed by atoms with Gasteiger partial charge in [-0.05, 0) is 273 Å². The molecule has 0 spiro atoms. The van der Waals surface area contributed by atoms with Crippen molar-refractivity contribution < 1.29 is 78.8 Å². The lowest BCUT2D eigenvalue weighted by molar-refractivity contribution is -0.137. The van der Waals surface area contributed by atoms with Gasteiger partial charge in [0.25, 0.3) is 0 Å². The summed E-state index contributed by atoms with van der Waals surface area (Å²) < 4.78 is 114. The Morgan fingerprint density at radius 2 is 0.806 bits per heavy atom. The van der Waals surface area contributed by atoms with E-state index in [9.17, 15) is 85.9 Å². The lowest BCUT2D eigenvalue weighted by atomic mass is 9.79. The molecule has 9 aromatic rings. The number of amides is 7. The fraction of sp³-hybridized carbons (Fsp3) is 0.394. The van der Waals surface area contributed by atoms with E-state index < -0.39 is 143 Å². The van der Waals surface area contributed by atoms with Gasteiger partial charge in [0.15, 0.2) is 0 Å². The van der Waals surface area contributed by atoms with Gasteiger partial charge in [-0.1, -0.05) is 129 Å². The molecular formula is C104H116ClF6N15O11S2. The maximum absolute atomic E-state index is 15.5. The van der Waals surface area contributed by atoms with Crippen LogP contribution in [0.2, 0.25) is 0 Å². The number of nitrogens with zero attached hydrogens (tertiary/aromatic N) is 6. The second-order valence-corrected chi connectivity index (χ2v) is 42.1. The fourth-order valence-electron chi connectivity index (χ4n) is 16.6. The van der Waals surface area contributed by atoms with Crippen LogP contribution < -0.4 is 47.1 Å².